The third kappa shape index (κ3) is 7.55. The molecule has 6 rings (SSSR count). The number of carbonyl (C=O) groups is 2. The third-order valence-corrected chi connectivity index (χ3v) is 9.37. The molecule has 4 heterocycles. The molecule has 0 radical (unpaired) electrons. The molecule has 2 aliphatic rings. The average molecular weight is 691 g/mol. The molecule has 0 saturated carbocycles. The number of hydrogen-bond acceptors (Lipinski definition) is 9. The van der Waals surface area contributed by atoms with Gasteiger partial charge in [-0.05, 0) is 25.0 Å². The number of ether oxygens (including phenoxy) is 2. The normalized spacial score (nSPS) is 17.3. The van der Waals surface area contributed by atoms with E-state index in [9.17, 15) is 9.59 Å². The predicted molar refractivity (Wildman–Crippen MR) is 185 cm³/mol. The molecule has 0 bridgehead atoms. The molecule has 48 heavy (non-hydrogen) atoms. The van der Waals surface area contributed by atoms with E-state index in [1.54, 1.807) is 26.6 Å². The highest BCUT2D eigenvalue weighted by Crippen LogP contribution is 2.42. The maximum Gasteiger partial charge on any atom is 0.237 e. The van der Waals surface area contributed by atoms with Gasteiger partial charge in [0.25, 0.3) is 0 Å². The molecule has 0 spiro atoms. The fraction of sp³-hybridized carbons (Fsp3) is 0.343. The van der Waals surface area contributed by atoms with E-state index in [1.807, 2.05) is 42.5 Å². The summed E-state index contributed by atoms with van der Waals surface area (Å²) in [6.45, 7) is 2.35. The summed E-state index contributed by atoms with van der Waals surface area (Å²) < 4.78 is 11.3. The molecule has 0 aliphatic carbocycles. The number of amides is 2. The number of methoxy groups -OCH3 is 2. The molecule has 4 aromatic rings. The van der Waals surface area contributed by atoms with Gasteiger partial charge in [0.05, 0.1) is 41.8 Å². The Bertz CT molecular complexity index is 1690. The molecule has 2 aromatic carbocycles. The van der Waals surface area contributed by atoms with Gasteiger partial charge in [0.15, 0.2) is 0 Å². The van der Waals surface area contributed by atoms with E-state index in [2.05, 4.69) is 31.2 Å². The van der Waals surface area contributed by atoms with E-state index in [1.165, 1.54) is 0 Å². The van der Waals surface area contributed by atoms with Crippen molar-refractivity contribution in [3.63, 3.8) is 0 Å². The van der Waals surface area contributed by atoms with Gasteiger partial charge in [0.1, 0.15) is 11.4 Å². The Kier molecular flexibility index (Phi) is 10.7. The SMILES string of the molecule is COc1cc(-c2nccc(-c3cccc(-c4cnc(CNC[C@H]5CCC(=O)N5)c(OC)n4)c3Cl)c2Cl)ccc1CNC[C@H]1CCC(=O)N1. The first-order valence-electron chi connectivity index (χ1n) is 15.9. The Hall–Kier alpha value is -4.29. The molecule has 4 N–H and O–H groups in total. The van der Waals surface area contributed by atoms with Gasteiger partial charge in [-0.2, -0.15) is 0 Å². The lowest BCUT2D eigenvalue weighted by molar-refractivity contribution is -0.120. The Morgan fingerprint density at radius 2 is 1.52 bits per heavy atom. The highest BCUT2D eigenvalue weighted by atomic mass is 35.5. The van der Waals surface area contributed by atoms with Crippen LogP contribution in [0.25, 0.3) is 33.6 Å². The van der Waals surface area contributed by atoms with Crippen molar-refractivity contribution in [3.8, 4) is 45.3 Å². The van der Waals surface area contributed by atoms with Crippen molar-refractivity contribution in [3.05, 3.63) is 76.2 Å². The zero-order valence-electron chi connectivity index (χ0n) is 26.7. The van der Waals surface area contributed by atoms with Crippen molar-refractivity contribution >= 4 is 35.0 Å². The molecule has 11 nitrogen and oxygen atoms in total. The van der Waals surface area contributed by atoms with E-state index in [4.69, 9.17) is 37.7 Å². The molecule has 2 saturated heterocycles. The number of nitrogens with one attached hydrogen (secondary N) is 4. The molecule has 2 aromatic heterocycles. The van der Waals surface area contributed by atoms with E-state index in [0.717, 1.165) is 35.1 Å². The molecule has 13 heteroatoms. The van der Waals surface area contributed by atoms with E-state index in [-0.39, 0.29) is 23.9 Å². The van der Waals surface area contributed by atoms with E-state index < -0.39 is 0 Å². The van der Waals surface area contributed by atoms with Crippen molar-refractivity contribution in [2.75, 3.05) is 27.3 Å². The quantitative estimate of drug-likeness (QED) is 0.154. The van der Waals surface area contributed by atoms with Gasteiger partial charge in [0.2, 0.25) is 17.7 Å². The van der Waals surface area contributed by atoms with Gasteiger partial charge in [-0.1, -0.05) is 53.5 Å². The number of carbonyl (C=O) groups excluding carboxylic acids is 2. The summed E-state index contributed by atoms with van der Waals surface area (Å²) in [5.74, 6) is 1.28. The fourth-order valence-corrected chi connectivity index (χ4v) is 6.69. The highest BCUT2D eigenvalue weighted by Gasteiger charge is 2.22. The molecule has 2 amide bonds. The average Bonchev–Trinajstić information content (AvgIpc) is 3.72. The maximum atomic E-state index is 11.5. The first-order chi connectivity index (χ1) is 23.3. The minimum atomic E-state index is 0.0823. The van der Waals surface area contributed by atoms with Crippen LogP contribution in [-0.4, -0.2) is 66.2 Å². The van der Waals surface area contributed by atoms with Crippen LogP contribution in [-0.2, 0) is 22.7 Å². The molecular formula is C35H37Cl2N7O4. The van der Waals surface area contributed by atoms with Crippen molar-refractivity contribution < 1.29 is 19.1 Å². The Morgan fingerprint density at radius 1 is 0.833 bits per heavy atom. The minimum absolute atomic E-state index is 0.0823. The van der Waals surface area contributed by atoms with Gasteiger partial charge >= 0.3 is 0 Å². The van der Waals surface area contributed by atoms with Crippen molar-refractivity contribution in [2.45, 2.75) is 50.9 Å². The van der Waals surface area contributed by atoms with E-state index >= 15 is 0 Å². The molecule has 250 valence electrons. The first-order valence-corrected chi connectivity index (χ1v) is 16.6. The number of hydrogen-bond donors (Lipinski definition) is 4. The summed E-state index contributed by atoms with van der Waals surface area (Å²) in [5, 5.41) is 13.6. The molecule has 2 fully saturated rings. The monoisotopic (exact) mass is 689 g/mol. The number of nitrogens with zero attached hydrogens (tertiary/aromatic N) is 3. The predicted octanol–water partition coefficient (Wildman–Crippen LogP) is 4.93. The van der Waals surface area contributed by atoms with Crippen LogP contribution in [0.3, 0.4) is 0 Å². The Balaban J connectivity index is 1.20. The van der Waals surface area contributed by atoms with Crippen LogP contribution in [0.1, 0.15) is 36.9 Å². The minimum Gasteiger partial charge on any atom is -0.496 e. The van der Waals surface area contributed by atoms with Crippen LogP contribution < -0.4 is 30.7 Å². The summed E-state index contributed by atoms with van der Waals surface area (Å²) in [6.07, 6.45) is 6.16. The third-order valence-electron chi connectivity index (χ3n) is 8.58. The van der Waals surface area contributed by atoms with Gasteiger partial charge in [-0.15, -0.1) is 0 Å². The Morgan fingerprint density at radius 3 is 2.19 bits per heavy atom. The van der Waals surface area contributed by atoms with Gasteiger partial charge in [-0.25, -0.2) is 4.98 Å². The van der Waals surface area contributed by atoms with Gasteiger partial charge < -0.3 is 30.7 Å². The number of rotatable bonds is 13. The zero-order valence-corrected chi connectivity index (χ0v) is 28.3. The molecule has 2 aliphatic heterocycles. The van der Waals surface area contributed by atoms with Gasteiger partial charge in [-0.3, -0.25) is 19.6 Å². The second-order valence-corrected chi connectivity index (χ2v) is 12.6. The van der Waals surface area contributed by atoms with Crippen LogP contribution in [0.2, 0.25) is 10.0 Å². The lowest BCUT2D eigenvalue weighted by Crippen LogP contribution is -2.35. The van der Waals surface area contributed by atoms with E-state index in [0.29, 0.717) is 83.3 Å². The fourth-order valence-electron chi connectivity index (χ4n) is 6.05. The molecule has 2 atom stereocenters. The smallest absolute Gasteiger partial charge is 0.237 e. The molecule has 0 unspecified atom stereocenters. The van der Waals surface area contributed by atoms with Crippen molar-refractivity contribution in [1.29, 1.82) is 0 Å². The first kappa shape index (κ1) is 33.6. The van der Waals surface area contributed by atoms with Crippen LogP contribution >= 0.6 is 23.2 Å². The second kappa shape index (κ2) is 15.3. The van der Waals surface area contributed by atoms with Crippen molar-refractivity contribution in [2.24, 2.45) is 0 Å². The Labute approximate surface area is 289 Å². The summed E-state index contributed by atoms with van der Waals surface area (Å²) in [6, 6.07) is 13.7. The number of pyridine rings is 1. The van der Waals surface area contributed by atoms with Crippen LogP contribution in [0.5, 0.6) is 11.6 Å². The lowest BCUT2D eigenvalue weighted by Gasteiger charge is -2.16. The largest absolute Gasteiger partial charge is 0.496 e. The number of halogens is 2. The van der Waals surface area contributed by atoms with Gasteiger partial charge in [0, 0.05) is 85.1 Å². The lowest BCUT2D eigenvalue weighted by atomic mass is 9.99. The summed E-state index contributed by atoms with van der Waals surface area (Å²) in [7, 11) is 3.19. The second-order valence-electron chi connectivity index (χ2n) is 11.8. The van der Waals surface area contributed by atoms with Crippen LogP contribution in [0.15, 0.2) is 54.9 Å². The summed E-state index contributed by atoms with van der Waals surface area (Å²) >= 11 is 14.1. The maximum absolute atomic E-state index is 11.5. The molecular weight excluding hydrogens is 653 g/mol. The number of benzene rings is 2. The topological polar surface area (TPSA) is 139 Å². The van der Waals surface area contributed by atoms with Crippen molar-refractivity contribution in [1.82, 2.24) is 36.2 Å². The summed E-state index contributed by atoms with van der Waals surface area (Å²) in [5.41, 5.74) is 5.70. The highest BCUT2D eigenvalue weighted by molar-refractivity contribution is 6.39. The van der Waals surface area contributed by atoms with Crippen LogP contribution in [0.4, 0.5) is 0 Å². The number of aromatic nitrogens is 3. The standard InChI is InChI=1S/C35H37Cl2N7O4/c1-47-29-14-20(6-7-21(29)15-38-16-22-8-10-30(45)42-22)34-33(37)25(12-13-40-34)24-4-3-5-26(32(24)36)27-19-41-28(35(44-27)48-2)18-39-17-23-9-11-31(46)43-23/h3-7,12-14,19,22-23,38-39H,8-11,15-18H2,1-2H3,(H,42,45)(H,43,46)/t22-,23-/m1/s1. The van der Waals surface area contributed by atoms with Crippen LogP contribution in [0, 0.1) is 0 Å². The summed E-state index contributed by atoms with van der Waals surface area (Å²) in [4.78, 5) is 36.9. The zero-order chi connectivity index (χ0) is 33.6.